The van der Waals surface area contributed by atoms with E-state index in [1.807, 2.05) is 14.1 Å². The van der Waals surface area contributed by atoms with Crippen molar-refractivity contribution in [3.63, 3.8) is 0 Å². The van der Waals surface area contributed by atoms with Gasteiger partial charge in [0.2, 0.25) is 0 Å². The van der Waals surface area contributed by atoms with Crippen molar-refractivity contribution in [1.82, 2.24) is 24.8 Å². The van der Waals surface area contributed by atoms with Crippen molar-refractivity contribution >= 4 is 46.1 Å². The van der Waals surface area contributed by atoms with Gasteiger partial charge in [-0.3, -0.25) is 9.36 Å². The summed E-state index contributed by atoms with van der Waals surface area (Å²) in [7, 11) is 3.65. The number of carbonyl (C=O) groups is 1. The Bertz CT molecular complexity index is 801. The van der Waals surface area contributed by atoms with Gasteiger partial charge < -0.3 is 25.2 Å². The topological polar surface area (TPSA) is 126 Å². The number of fused-ring (bicyclic) bond motifs is 1. The molecule has 0 bridgehead atoms. The zero-order valence-electron chi connectivity index (χ0n) is 14.0. The van der Waals surface area contributed by atoms with Gasteiger partial charge in [0.1, 0.15) is 18.5 Å². The first kappa shape index (κ1) is 19.1. The molecule has 1 amide bonds. The van der Waals surface area contributed by atoms with E-state index in [9.17, 15) is 15.0 Å². The highest BCUT2D eigenvalue weighted by Gasteiger charge is 2.46. The lowest BCUT2D eigenvalue weighted by atomic mass is 10.1. The zero-order valence-corrected chi connectivity index (χ0v) is 15.5. The first-order valence-electron chi connectivity index (χ1n) is 7.73. The summed E-state index contributed by atoms with van der Waals surface area (Å²) in [5.41, 5.74) is 0.979. The SMILES string of the molecule is CN(C)c1ncnc2c1ncn2[C@@H]1O[C@H](CO)[C@@H](NC(=O)C(Cl)Cl)[C@H]1O. The summed E-state index contributed by atoms with van der Waals surface area (Å²) in [6.07, 6.45) is -0.107. The number of carbonyl (C=O) groups excluding carboxylic acids is 1. The molecular formula is C14H18Cl2N6O4. The van der Waals surface area contributed by atoms with Crippen LogP contribution in [0.25, 0.3) is 11.2 Å². The second-order valence-electron chi connectivity index (χ2n) is 5.99. The molecular weight excluding hydrogens is 387 g/mol. The van der Waals surface area contributed by atoms with E-state index in [0.29, 0.717) is 17.0 Å². The molecule has 1 fully saturated rings. The predicted molar refractivity (Wildman–Crippen MR) is 94.1 cm³/mol. The van der Waals surface area contributed by atoms with Gasteiger partial charge in [0.25, 0.3) is 5.91 Å². The molecule has 0 aromatic carbocycles. The van der Waals surface area contributed by atoms with Crippen molar-refractivity contribution in [1.29, 1.82) is 0 Å². The minimum absolute atomic E-state index is 0.418. The maximum atomic E-state index is 11.8. The highest BCUT2D eigenvalue weighted by molar-refractivity contribution is 6.53. The van der Waals surface area contributed by atoms with Crippen LogP contribution in [0.15, 0.2) is 12.7 Å². The number of alkyl halides is 2. The number of imidazole rings is 1. The number of nitrogens with one attached hydrogen (secondary N) is 1. The van der Waals surface area contributed by atoms with Crippen LogP contribution < -0.4 is 10.2 Å². The molecule has 1 saturated heterocycles. The third-order valence-corrected chi connectivity index (χ3v) is 4.50. The lowest BCUT2D eigenvalue weighted by Crippen LogP contribution is -2.49. The Morgan fingerprint density at radius 3 is 2.77 bits per heavy atom. The van der Waals surface area contributed by atoms with Crippen LogP contribution in [0.2, 0.25) is 0 Å². The molecule has 12 heteroatoms. The van der Waals surface area contributed by atoms with Crippen molar-refractivity contribution in [3.8, 4) is 0 Å². The molecule has 3 heterocycles. The lowest BCUT2D eigenvalue weighted by Gasteiger charge is -2.21. The Hall–Kier alpha value is -1.72. The normalized spacial score (nSPS) is 25.8. The van der Waals surface area contributed by atoms with Crippen molar-refractivity contribution in [2.24, 2.45) is 0 Å². The number of nitrogens with zero attached hydrogens (tertiary/aromatic N) is 5. The first-order valence-corrected chi connectivity index (χ1v) is 8.60. The number of aromatic nitrogens is 4. The Morgan fingerprint density at radius 2 is 2.15 bits per heavy atom. The van der Waals surface area contributed by atoms with E-state index in [2.05, 4.69) is 20.3 Å². The Balaban J connectivity index is 1.94. The highest BCUT2D eigenvalue weighted by atomic mass is 35.5. The van der Waals surface area contributed by atoms with E-state index in [-0.39, 0.29) is 0 Å². The molecule has 0 spiro atoms. The van der Waals surface area contributed by atoms with Crippen LogP contribution in [0.4, 0.5) is 5.82 Å². The summed E-state index contributed by atoms with van der Waals surface area (Å²) in [5, 5.41) is 22.7. The van der Waals surface area contributed by atoms with Crippen LogP contribution in [-0.4, -0.2) is 79.4 Å². The molecule has 3 rings (SSSR count). The Labute approximate surface area is 158 Å². The van der Waals surface area contributed by atoms with E-state index < -0.39 is 41.8 Å². The fraction of sp³-hybridized carbons (Fsp3) is 0.571. The number of amides is 1. The van der Waals surface area contributed by atoms with Gasteiger partial charge >= 0.3 is 0 Å². The monoisotopic (exact) mass is 404 g/mol. The molecule has 4 atom stereocenters. The molecule has 1 aliphatic heterocycles. The summed E-state index contributed by atoms with van der Waals surface area (Å²) in [4.78, 5) is 24.9. The van der Waals surface area contributed by atoms with E-state index in [4.69, 9.17) is 27.9 Å². The largest absolute Gasteiger partial charge is 0.394 e. The van der Waals surface area contributed by atoms with E-state index >= 15 is 0 Å². The van der Waals surface area contributed by atoms with Crippen LogP contribution in [0.1, 0.15) is 6.23 Å². The van der Waals surface area contributed by atoms with Crippen molar-refractivity contribution < 1.29 is 19.7 Å². The van der Waals surface area contributed by atoms with Gasteiger partial charge in [-0.15, -0.1) is 0 Å². The maximum absolute atomic E-state index is 11.8. The molecule has 0 unspecified atom stereocenters. The zero-order chi connectivity index (χ0) is 19.0. The molecule has 0 saturated carbocycles. The van der Waals surface area contributed by atoms with Gasteiger partial charge in [0, 0.05) is 14.1 Å². The molecule has 2 aromatic heterocycles. The quantitative estimate of drug-likeness (QED) is 0.565. The van der Waals surface area contributed by atoms with Crippen LogP contribution in [0.3, 0.4) is 0 Å². The number of anilines is 1. The average molecular weight is 405 g/mol. The summed E-state index contributed by atoms with van der Waals surface area (Å²) in [5.74, 6) is -0.0790. The molecule has 2 aromatic rings. The van der Waals surface area contributed by atoms with Gasteiger partial charge in [-0.25, -0.2) is 15.0 Å². The summed E-state index contributed by atoms with van der Waals surface area (Å²) in [6.45, 7) is -0.418. The lowest BCUT2D eigenvalue weighted by molar-refractivity contribution is -0.121. The van der Waals surface area contributed by atoms with Gasteiger partial charge in [0.15, 0.2) is 28.0 Å². The third kappa shape index (κ3) is 3.30. The number of hydrogen-bond acceptors (Lipinski definition) is 8. The molecule has 1 aliphatic rings. The Kier molecular flexibility index (Phi) is 5.49. The molecule has 142 valence electrons. The van der Waals surface area contributed by atoms with Crippen LogP contribution in [0, 0.1) is 0 Å². The maximum Gasteiger partial charge on any atom is 0.253 e. The van der Waals surface area contributed by atoms with E-state index in [1.165, 1.54) is 17.2 Å². The number of aliphatic hydroxyl groups excluding tert-OH is 2. The van der Waals surface area contributed by atoms with Gasteiger partial charge in [0.05, 0.1) is 19.0 Å². The molecule has 10 nitrogen and oxygen atoms in total. The smallest absolute Gasteiger partial charge is 0.253 e. The number of hydrogen-bond donors (Lipinski definition) is 3. The number of ether oxygens (including phenoxy) is 1. The molecule has 26 heavy (non-hydrogen) atoms. The predicted octanol–water partition coefficient (Wildman–Crippen LogP) is -0.569. The number of halogens is 2. The fourth-order valence-corrected chi connectivity index (χ4v) is 3.01. The first-order chi connectivity index (χ1) is 12.3. The van der Waals surface area contributed by atoms with Crippen LogP contribution in [0.5, 0.6) is 0 Å². The minimum Gasteiger partial charge on any atom is -0.394 e. The molecule has 3 N–H and O–H groups in total. The van der Waals surface area contributed by atoms with Gasteiger partial charge in [-0.1, -0.05) is 23.2 Å². The highest BCUT2D eigenvalue weighted by Crippen LogP contribution is 2.32. The second kappa shape index (κ2) is 7.49. The van der Waals surface area contributed by atoms with Crippen molar-refractivity contribution in [2.45, 2.75) is 29.3 Å². The molecule has 0 aliphatic carbocycles. The third-order valence-electron chi connectivity index (χ3n) is 4.10. The van der Waals surface area contributed by atoms with Crippen molar-refractivity contribution in [3.05, 3.63) is 12.7 Å². The van der Waals surface area contributed by atoms with E-state index in [1.54, 1.807) is 4.90 Å². The molecule has 0 radical (unpaired) electrons. The van der Waals surface area contributed by atoms with E-state index in [0.717, 1.165) is 0 Å². The average Bonchev–Trinajstić information content (AvgIpc) is 3.16. The number of aliphatic hydroxyl groups is 2. The second-order valence-corrected chi connectivity index (χ2v) is 7.09. The van der Waals surface area contributed by atoms with Crippen LogP contribution >= 0.6 is 23.2 Å². The van der Waals surface area contributed by atoms with Gasteiger partial charge in [-0.2, -0.15) is 0 Å². The van der Waals surface area contributed by atoms with Crippen molar-refractivity contribution in [2.75, 3.05) is 25.6 Å². The number of rotatable bonds is 5. The Morgan fingerprint density at radius 1 is 1.42 bits per heavy atom. The summed E-state index contributed by atoms with van der Waals surface area (Å²) < 4.78 is 7.25. The summed E-state index contributed by atoms with van der Waals surface area (Å²) in [6, 6.07) is -0.898. The standard InChI is InChI=1S/C14H18Cl2N6O4/c1-21(2)11-8-12(18-4-17-11)22(5-19-8)14-9(24)7(6(3-23)26-14)20-13(25)10(15)16/h4-7,9-10,14,23-24H,3H2,1-2H3,(H,20,25)/t6-,7-,9-,14-/m1/s1. The van der Waals surface area contributed by atoms with Gasteiger partial charge in [-0.05, 0) is 0 Å². The minimum atomic E-state index is -1.30. The summed E-state index contributed by atoms with van der Waals surface area (Å²) >= 11 is 11.1. The van der Waals surface area contributed by atoms with Crippen LogP contribution in [-0.2, 0) is 9.53 Å². The fourth-order valence-electron chi connectivity index (χ4n) is 2.89.